The molecule has 1 aromatic carbocycles. The van der Waals surface area contributed by atoms with Crippen LogP contribution in [0.5, 0.6) is 5.75 Å². The molecule has 4 rings (SSSR count). The number of carbonyl (C=O) groups is 1. The molecular formula is C26H31ClFN3O3S2. The minimum Gasteiger partial charge on any atom is -0.497 e. The lowest BCUT2D eigenvalue weighted by molar-refractivity contribution is -0.139. The number of likely N-dealkylation sites (tertiary alicyclic amines) is 1. The van der Waals surface area contributed by atoms with Crippen LogP contribution in [0.2, 0.25) is 5.02 Å². The molecule has 0 radical (unpaired) electrons. The van der Waals surface area contributed by atoms with Gasteiger partial charge in [0.1, 0.15) is 5.75 Å². The number of nitrogens with zero attached hydrogens (tertiary/aromatic N) is 2. The fourth-order valence-corrected chi connectivity index (χ4v) is 7.25. The largest absolute Gasteiger partial charge is 0.497 e. The number of hydrogen-bond donors (Lipinski definition) is 2. The Morgan fingerprint density at radius 1 is 1.39 bits per heavy atom. The molecule has 1 aliphatic rings. The minimum absolute atomic E-state index is 0.0670. The number of fused-ring (bicyclic) bond motifs is 1. The number of hydrogen-bond acceptors (Lipinski definition) is 7. The summed E-state index contributed by atoms with van der Waals surface area (Å²) in [6.07, 6.45) is 4.26. The fraction of sp³-hybridized carbons (Fsp3) is 0.462. The predicted molar refractivity (Wildman–Crippen MR) is 145 cm³/mol. The first-order chi connectivity index (χ1) is 17.3. The Hall–Kier alpha value is -1.91. The van der Waals surface area contributed by atoms with E-state index in [1.165, 1.54) is 6.07 Å². The average molecular weight is 552 g/mol. The maximum absolute atomic E-state index is 13.2. The van der Waals surface area contributed by atoms with E-state index in [-0.39, 0.29) is 29.4 Å². The molecule has 0 saturated carbocycles. The van der Waals surface area contributed by atoms with E-state index in [2.05, 4.69) is 9.88 Å². The molecular weight excluding hydrogens is 521 g/mol. The first-order valence-corrected chi connectivity index (χ1v) is 14.2. The van der Waals surface area contributed by atoms with Crippen LogP contribution < -0.4 is 10.5 Å². The number of halogens is 2. The molecule has 36 heavy (non-hydrogen) atoms. The van der Waals surface area contributed by atoms with Crippen molar-refractivity contribution in [1.29, 1.82) is 0 Å². The van der Waals surface area contributed by atoms with Crippen LogP contribution in [0.3, 0.4) is 0 Å². The Labute approximate surface area is 224 Å². The first kappa shape index (κ1) is 27.1. The van der Waals surface area contributed by atoms with Gasteiger partial charge in [0.05, 0.1) is 21.9 Å². The highest BCUT2D eigenvalue weighted by Gasteiger charge is 2.31. The third-order valence-electron chi connectivity index (χ3n) is 6.90. The number of aliphatic carboxylic acids is 1. The molecule has 0 amide bonds. The maximum atomic E-state index is 13.2. The lowest BCUT2D eigenvalue weighted by Gasteiger charge is -2.38. The fourth-order valence-electron chi connectivity index (χ4n) is 5.06. The van der Waals surface area contributed by atoms with Crippen LogP contribution in [0.1, 0.15) is 37.3 Å². The van der Waals surface area contributed by atoms with Crippen LogP contribution in [0.15, 0.2) is 40.7 Å². The number of piperidine rings is 1. The first-order valence-electron chi connectivity index (χ1n) is 12.0. The zero-order valence-electron chi connectivity index (χ0n) is 20.2. The molecule has 2 unspecified atom stereocenters. The van der Waals surface area contributed by atoms with E-state index in [1.807, 2.05) is 24.3 Å². The van der Waals surface area contributed by atoms with Gasteiger partial charge in [0.2, 0.25) is 0 Å². The van der Waals surface area contributed by atoms with Crippen LogP contribution >= 0.6 is 34.7 Å². The SMILES string of the molecule is COc1ccc2ncc(Cl)c([C@H](N)CCC3CCN(CCSc4ccc(F)s4)CC3CC(=O)O)c2c1. The topological polar surface area (TPSA) is 88.7 Å². The maximum Gasteiger partial charge on any atom is 0.303 e. The average Bonchev–Trinajstić information content (AvgIpc) is 3.27. The van der Waals surface area contributed by atoms with Crippen molar-refractivity contribution in [3.05, 3.63) is 52.2 Å². The minimum atomic E-state index is -0.769. The predicted octanol–water partition coefficient (Wildman–Crippen LogP) is 6.08. The number of pyridine rings is 1. The number of ether oxygens (including phenoxy) is 1. The molecule has 10 heteroatoms. The van der Waals surface area contributed by atoms with Gasteiger partial charge in [0, 0.05) is 42.9 Å². The highest BCUT2D eigenvalue weighted by Crippen LogP contribution is 2.37. The summed E-state index contributed by atoms with van der Waals surface area (Å²) in [5, 5.41) is 10.8. The molecule has 2 aromatic heterocycles. The number of methoxy groups -OCH3 is 1. The smallest absolute Gasteiger partial charge is 0.303 e. The van der Waals surface area contributed by atoms with Gasteiger partial charge in [-0.2, -0.15) is 4.39 Å². The molecule has 3 atom stereocenters. The van der Waals surface area contributed by atoms with E-state index < -0.39 is 5.97 Å². The summed E-state index contributed by atoms with van der Waals surface area (Å²) in [6.45, 7) is 2.53. The summed E-state index contributed by atoms with van der Waals surface area (Å²) in [7, 11) is 1.62. The standard InChI is InChI=1S/C26H31ClFN3O3S2/c1-34-18-3-5-22-19(13-18)26(20(27)14-30-22)21(29)4-2-16-8-9-31(15-17(16)12-24(32)33)10-11-35-25-7-6-23(28)36-25/h3,5-7,13-14,16-17,21H,2,4,8-12,15,29H2,1H3,(H,32,33)/t16?,17?,21-/m1/s1. The summed E-state index contributed by atoms with van der Waals surface area (Å²) in [5.41, 5.74) is 8.33. The van der Waals surface area contributed by atoms with Gasteiger partial charge in [-0.15, -0.1) is 11.8 Å². The summed E-state index contributed by atoms with van der Waals surface area (Å²) in [5.74, 6) is 1.15. The number of rotatable bonds is 11. The van der Waals surface area contributed by atoms with E-state index in [0.717, 1.165) is 76.0 Å². The molecule has 194 valence electrons. The Bertz CT molecular complexity index is 1190. The molecule has 1 saturated heterocycles. The third-order valence-corrected chi connectivity index (χ3v) is 9.28. The van der Waals surface area contributed by atoms with Gasteiger partial charge < -0.3 is 20.5 Å². The van der Waals surface area contributed by atoms with E-state index >= 15 is 0 Å². The number of thiophene rings is 1. The molecule has 3 N–H and O–H groups in total. The van der Waals surface area contributed by atoms with Crippen LogP contribution in [0.4, 0.5) is 4.39 Å². The summed E-state index contributed by atoms with van der Waals surface area (Å²) < 4.78 is 19.6. The number of carboxylic acids is 1. The summed E-state index contributed by atoms with van der Waals surface area (Å²) >= 11 is 9.34. The van der Waals surface area contributed by atoms with Gasteiger partial charge >= 0.3 is 5.97 Å². The highest BCUT2D eigenvalue weighted by molar-refractivity contribution is 8.01. The van der Waals surface area contributed by atoms with Crippen molar-refractivity contribution in [2.75, 3.05) is 32.5 Å². The number of benzene rings is 1. The van der Waals surface area contributed by atoms with Gasteiger partial charge in [0.25, 0.3) is 0 Å². The molecule has 1 aliphatic heterocycles. The van der Waals surface area contributed by atoms with E-state index in [1.54, 1.807) is 25.1 Å². The Morgan fingerprint density at radius 3 is 2.94 bits per heavy atom. The number of carboxylic acid groups (broad SMARTS) is 1. The normalized spacial score (nSPS) is 19.4. The molecule has 3 aromatic rings. The van der Waals surface area contributed by atoms with Gasteiger partial charge in [-0.1, -0.05) is 22.9 Å². The van der Waals surface area contributed by atoms with Crippen LogP contribution in [0, 0.1) is 17.0 Å². The number of nitrogens with two attached hydrogens (primary N) is 1. The lowest BCUT2D eigenvalue weighted by atomic mass is 9.79. The van der Waals surface area contributed by atoms with Crippen molar-refractivity contribution < 1.29 is 19.0 Å². The van der Waals surface area contributed by atoms with Crippen molar-refractivity contribution >= 4 is 51.6 Å². The second-order valence-electron chi connectivity index (χ2n) is 9.20. The third kappa shape index (κ3) is 6.89. The second-order valence-corrected chi connectivity index (χ2v) is 12.0. The Kier molecular flexibility index (Phi) is 9.47. The van der Waals surface area contributed by atoms with Gasteiger partial charge in [0.15, 0.2) is 5.13 Å². The molecule has 3 heterocycles. The number of thioether (sulfide) groups is 1. The van der Waals surface area contributed by atoms with Crippen LogP contribution in [-0.4, -0.2) is 53.5 Å². The zero-order valence-corrected chi connectivity index (χ0v) is 22.5. The highest BCUT2D eigenvalue weighted by atomic mass is 35.5. The van der Waals surface area contributed by atoms with Gasteiger partial charge in [-0.05, 0) is 73.5 Å². The van der Waals surface area contributed by atoms with Crippen molar-refractivity contribution in [1.82, 2.24) is 9.88 Å². The van der Waals surface area contributed by atoms with Crippen molar-refractivity contribution in [3.63, 3.8) is 0 Å². The van der Waals surface area contributed by atoms with Gasteiger partial charge in [-0.25, -0.2) is 0 Å². The van der Waals surface area contributed by atoms with Crippen molar-refractivity contribution in [3.8, 4) is 5.75 Å². The molecule has 0 bridgehead atoms. The lowest BCUT2D eigenvalue weighted by Crippen LogP contribution is -2.42. The second kappa shape index (κ2) is 12.6. The van der Waals surface area contributed by atoms with E-state index in [0.29, 0.717) is 11.4 Å². The van der Waals surface area contributed by atoms with E-state index in [4.69, 9.17) is 22.1 Å². The van der Waals surface area contributed by atoms with Crippen molar-refractivity contribution in [2.24, 2.45) is 17.6 Å². The van der Waals surface area contributed by atoms with Crippen LogP contribution in [-0.2, 0) is 4.79 Å². The van der Waals surface area contributed by atoms with Crippen molar-refractivity contribution in [2.45, 2.75) is 35.9 Å². The van der Waals surface area contributed by atoms with E-state index in [9.17, 15) is 14.3 Å². The number of aromatic nitrogens is 1. The Balaban J connectivity index is 1.38. The quantitative estimate of drug-likeness (QED) is 0.279. The molecule has 0 aliphatic carbocycles. The zero-order chi connectivity index (χ0) is 25.7. The van der Waals surface area contributed by atoms with Gasteiger partial charge in [-0.3, -0.25) is 9.78 Å². The Morgan fingerprint density at radius 2 is 2.22 bits per heavy atom. The summed E-state index contributed by atoms with van der Waals surface area (Å²) in [6, 6.07) is 8.68. The molecule has 1 fully saturated rings. The summed E-state index contributed by atoms with van der Waals surface area (Å²) in [4.78, 5) is 18.4. The monoisotopic (exact) mass is 551 g/mol. The molecule has 0 spiro atoms. The van der Waals surface area contributed by atoms with Crippen LogP contribution in [0.25, 0.3) is 10.9 Å². The molecule has 6 nitrogen and oxygen atoms in total.